The number of amides is 1. The molecule has 0 atom stereocenters. The maximum Gasteiger partial charge on any atom is 0.243 e. The van der Waals surface area contributed by atoms with Gasteiger partial charge in [-0.05, 0) is 5.75 Å². The topological polar surface area (TPSA) is 29.4 Å². The summed E-state index contributed by atoms with van der Waals surface area (Å²) in [7, 11) is 0. The summed E-state index contributed by atoms with van der Waals surface area (Å²) in [5.41, 5.74) is 1.57. The Morgan fingerprint density at radius 1 is 1.88 bits per heavy atom. The molecule has 0 bridgehead atoms. The van der Waals surface area contributed by atoms with E-state index in [1.165, 1.54) is 18.7 Å². The van der Waals surface area contributed by atoms with Gasteiger partial charge in [0.15, 0.2) is 0 Å². The van der Waals surface area contributed by atoms with Crippen molar-refractivity contribution in [3.05, 3.63) is 0 Å². The van der Waals surface area contributed by atoms with Crippen LogP contribution < -0.4 is 0 Å². The van der Waals surface area contributed by atoms with Crippen LogP contribution in [0.2, 0.25) is 0 Å². The Labute approximate surface area is 53.4 Å². The third-order valence-corrected chi connectivity index (χ3v) is 1.06. The second-order valence-electron chi connectivity index (χ2n) is 1.21. The lowest BCUT2D eigenvalue weighted by atomic mass is 10.8. The van der Waals surface area contributed by atoms with Crippen LogP contribution in [0.4, 0.5) is 0 Å². The lowest BCUT2D eigenvalue weighted by molar-refractivity contribution is -0.115. The molecule has 0 aromatic carbocycles. The predicted octanol–water partition coefficient (Wildman–Crippen LogP) is 1.31. The number of rotatable bonds is 2. The minimum Gasteiger partial charge on any atom is -0.273 e. The molecule has 0 radical (unpaired) electrons. The first kappa shape index (κ1) is 7.69. The molecule has 0 unspecified atom stereocenters. The monoisotopic (exact) mass is 131 g/mol. The van der Waals surface area contributed by atoms with Crippen molar-refractivity contribution in [1.29, 1.82) is 0 Å². The van der Waals surface area contributed by atoms with Crippen molar-refractivity contribution >= 4 is 23.2 Å². The van der Waals surface area contributed by atoms with Gasteiger partial charge in [0.2, 0.25) is 5.91 Å². The molecule has 0 aromatic rings. The van der Waals surface area contributed by atoms with Crippen LogP contribution in [0.25, 0.3) is 0 Å². The van der Waals surface area contributed by atoms with Gasteiger partial charge in [0, 0.05) is 6.92 Å². The second kappa shape index (κ2) is 4.84. The highest BCUT2D eigenvalue weighted by atomic mass is 32.2. The Balaban J connectivity index is 3.20. The Kier molecular flexibility index (Phi) is 4.65. The first-order valence-electron chi connectivity index (χ1n) is 2.42. The fraction of sp³-hybridized carbons (Fsp3) is 0.600. The molecular formula is C5H9NOS. The number of carbonyl (C=O) groups is 1. The molecule has 3 heteroatoms. The molecule has 0 saturated carbocycles. The summed E-state index contributed by atoms with van der Waals surface area (Å²) in [4.78, 5) is 13.6. The van der Waals surface area contributed by atoms with E-state index in [9.17, 15) is 4.79 Å². The average molecular weight is 131 g/mol. The molecule has 0 rings (SSSR count). The molecule has 1 amide bonds. The molecule has 0 aliphatic carbocycles. The molecular weight excluding hydrogens is 122 g/mol. The highest BCUT2D eigenvalue weighted by molar-refractivity contribution is 8.12. The average Bonchev–Trinajstić information content (AvgIpc) is 1.66. The van der Waals surface area contributed by atoms with Crippen molar-refractivity contribution in [2.75, 3.05) is 5.75 Å². The molecule has 0 saturated heterocycles. The first-order chi connectivity index (χ1) is 3.77. The number of thioether (sulfide) groups is 1. The van der Waals surface area contributed by atoms with E-state index in [-0.39, 0.29) is 5.91 Å². The highest BCUT2D eigenvalue weighted by Crippen LogP contribution is 1.90. The smallest absolute Gasteiger partial charge is 0.243 e. The third kappa shape index (κ3) is 5.69. The van der Waals surface area contributed by atoms with E-state index in [4.69, 9.17) is 0 Å². The SMILES string of the molecule is CCSC=NC(C)=O. The summed E-state index contributed by atoms with van der Waals surface area (Å²) in [6.45, 7) is 3.45. The Morgan fingerprint density at radius 2 is 2.50 bits per heavy atom. The van der Waals surface area contributed by atoms with Crippen molar-refractivity contribution < 1.29 is 4.79 Å². The van der Waals surface area contributed by atoms with Crippen LogP contribution in [0.5, 0.6) is 0 Å². The summed E-state index contributed by atoms with van der Waals surface area (Å²) in [6, 6.07) is 0. The van der Waals surface area contributed by atoms with Crippen molar-refractivity contribution in [3.63, 3.8) is 0 Å². The predicted molar refractivity (Wildman–Crippen MR) is 37.3 cm³/mol. The maximum atomic E-state index is 10.1. The van der Waals surface area contributed by atoms with Crippen LogP contribution in [-0.4, -0.2) is 17.2 Å². The molecule has 0 heterocycles. The Morgan fingerprint density at radius 3 is 2.88 bits per heavy atom. The van der Waals surface area contributed by atoms with Crippen molar-refractivity contribution in [3.8, 4) is 0 Å². The number of hydrogen-bond acceptors (Lipinski definition) is 2. The summed E-state index contributed by atoms with van der Waals surface area (Å²) in [6.07, 6.45) is 0. The largest absolute Gasteiger partial charge is 0.273 e. The van der Waals surface area contributed by atoms with E-state index in [1.807, 2.05) is 6.92 Å². The minimum atomic E-state index is -0.133. The van der Waals surface area contributed by atoms with Crippen LogP contribution in [0.15, 0.2) is 4.99 Å². The van der Waals surface area contributed by atoms with Gasteiger partial charge >= 0.3 is 0 Å². The molecule has 0 fully saturated rings. The van der Waals surface area contributed by atoms with Gasteiger partial charge in [-0.3, -0.25) is 4.79 Å². The molecule has 2 nitrogen and oxygen atoms in total. The van der Waals surface area contributed by atoms with Crippen LogP contribution in [-0.2, 0) is 4.79 Å². The van der Waals surface area contributed by atoms with E-state index < -0.39 is 0 Å². The van der Waals surface area contributed by atoms with Crippen molar-refractivity contribution in [1.82, 2.24) is 0 Å². The Bertz CT molecular complexity index is 101. The zero-order chi connectivity index (χ0) is 6.41. The van der Waals surface area contributed by atoms with E-state index in [0.29, 0.717) is 0 Å². The van der Waals surface area contributed by atoms with Crippen LogP contribution >= 0.6 is 11.8 Å². The van der Waals surface area contributed by atoms with Crippen LogP contribution in [0, 0.1) is 0 Å². The molecule has 0 spiro atoms. The molecule has 46 valence electrons. The van der Waals surface area contributed by atoms with Crippen molar-refractivity contribution in [2.45, 2.75) is 13.8 Å². The number of hydrogen-bond donors (Lipinski definition) is 0. The van der Waals surface area contributed by atoms with E-state index in [1.54, 1.807) is 5.55 Å². The standard InChI is InChI=1S/C5H9NOS/c1-3-8-4-6-5(2)7/h4H,3H2,1-2H3. The highest BCUT2D eigenvalue weighted by Gasteiger charge is 1.79. The Hall–Kier alpha value is -0.310. The normalized spacial score (nSPS) is 10.2. The molecule has 0 N–H and O–H groups in total. The molecule has 8 heavy (non-hydrogen) atoms. The zero-order valence-electron chi connectivity index (χ0n) is 5.05. The van der Waals surface area contributed by atoms with E-state index in [2.05, 4.69) is 4.99 Å². The lowest BCUT2D eigenvalue weighted by Gasteiger charge is -1.79. The zero-order valence-corrected chi connectivity index (χ0v) is 5.86. The summed E-state index contributed by atoms with van der Waals surface area (Å²) in [5, 5.41) is 0. The summed E-state index contributed by atoms with van der Waals surface area (Å²) in [5.74, 6) is 0.836. The molecule has 0 aliphatic heterocycles. The van der Waals surface area contributed by atoms with Gasteiger partial charge in [0.25, 0.3) is 0 Å². The number of nitrogens with zero attached hydrogens (tertiary/aromatic N) is 1. The fourth-order valence-corrected chi connectivity index (χ4v) is 0.558. The summed E-state index contributed by atoms with van der Waals surface area (Å²) >= 11 is 1.52. The van der Waals surface area contributed by atoms with Gasteiger partial charge in [0.05, 0.1) is 5.55 Å². The quantitative estimate of drug-likeness (QED) is 0.417. The fourth-order valence-electron chi connectivity index (χ4n) is 0.186. The molecule has 0 aliphatic rings. The van der Waals surface area contributed by atoms with E-state index in [0.717, 1.165) is 5.75 Å². The van der Waals surface area contributed by atoms with Crippen LogP contribution in [0.1, 0.15) is 13.8 Å². The lowest BCUT2D eigenvalue weighted by Crippen LogP contribution is -1.80. The van der Waals surface area contributed by atoms with Crippen LogP contribution in [0.3, 0.4) is 0 Å². The minimum absolute atomic E-state index is 0.133. The van der Waals surface area contributed by atoms with Crippen molar-refractivity contribution in [2.24, 2.45) is 4.99 Å². The van der Waals surface area contributed by atoms with Gasteiger partial charge in [-0.1, -0.05) is 6.92 Å². The van der Waals surface area contributed by atoms with Gasteiger partial charge in [-0.25, -0.2) is 4.99 Å². The number of carbonyl (C=O) groups excluding carboxylic acids is 1. The van der Waals surface area contributed by atoms with Gasteiger partial charge < -0.3 is 0 Å². The number of aliphatic imine (C=N–C) groups is 1. The first-order valence-corrected chi connectivity index (χ1v) is 3.47. The van der Waals surface area contributed by atoms with Gasteiger partial charge in [0.1, 0.15) is 0 Å². The van der Waals surface area contributed by atoms with Gasteiger partial charge in [-0.15, -0.1) is 11.8 Å². The summed E-state index contributed by atoms with van der Waals surface area (Å²) < 4.78 is 0. The second-order valence-corrected chi connectivity index (χ2v) is 2.33. The van der Waals surface area contributed by atoms with E-state index >= 15 is 0 Å². The third-order valence-electron chi connectivity index (χ3n) is 0.476. The van der Waals surface area contributed by atoms with Gasteiger partial charge in [-0.2, -0.15) is 0 Å². The molecule has 0 aromatic heterocycles. The maximum absolute atomic E-state index is 10.1.